The van der Waals surface area contributed by atoms with Gasteiger partial charge in [-0.15, -0.1) is 11.3 Å². The molecule has 0 unspecified atom stereocenters. The lowest BCUT2D eigenvalue weighted by atomic mass is 10.1. The summed E-state index contributed by atoms with van der Waals surface area (Å²) >= 11 is 1.43. The number of hydrogen-bond acceptors (Lipinski definition) is 3. The smallest absolute Gasteiger partial charge is 0.250 e. The van der Waals surface area contributed by atoms with Gasteiger partial charge in [0, 0.05) is 17.0 Å². The number of aryl methyl sites for hydroxylation is 1. The number of aromatic nitrogens is 1. The van der Waals surface area contributed by atoms with Gasteiger partial charge in [-0.2, -0.15) is 0 Å². The summed E-state index contributed by atoms with van der Waals surface area (Å²) in [4.78, 5) is 16.0. The highest BCUT2D eigenvalue weighted by molar-refractivity contribution is 7.14. The number of nitrogens with zero attached hydrogens (tertiary/aromatic N) is 1. The monoisotopic (exact) mass is 272 g/mol. The van der Waals surface area contributed by atoms with Crippen LogP contribution in [0.2, 0.25) is 0 Å². The highest BCUT2D eigenvalue weighted by atomic mass is 32.1. The Morgan fingerprint density at radius 2 is 1.95 bits per heavy atom. The minimum Gasteiger partial charge on any atom is -0.298 e. The molecule has 0 radical (unpaired) electrons. The molecule has 0 aliphatic rings. The number of amides is 1. The van der Waals surface area contributed by atoms with Gasteiger partial charge in [-0.1, -0.05) is 35.4 Å². The zero-order chi connectivity index (χ0) is 13.8. The van der Waals surface area contributed by atoms with Crippen molar-refractivity contribution in [2.45, 2.75) is 20.8 Å². The van der Waals surface area contributed by atoms with E-state index in [-0.39, 0.29) is 5.91 Å². The van der Waals surface area contributed by atoms with Crippen molar-refractivity contribution in [1.82, 2.24) is 4.98 Å². The number of carbonyl (C=O) groups excluding carboxylic acids is 1. The summed E-state index contributed by atoms with van der Waals surface area (Å²) in [7, 11) is 0. The van der Waals surface area contributed by atoms with E-state index < -0.39 is 0 Å². The average molecular weight is 272 g/mol. The van der Waals surface area contributed by atoms with Gasteiger partial charge in [-0.3, -0.25) is 10.1 Å². The van der Waals surface area contributed by atoms with Crippen LogP contribution in [0.15, 0.2) is 41.3 Å². The van der Waals surface area contributed by atoms with Gasteiger partial charge in [-0.05, 0) is 20.8 Å². The van der Waals surface area contributed by atoms with Gasteiger partial charge in [0.05, 0.1) is 5.69 Å². The highest BCUT2D eigenvalue weighted by Crippen LogP contribution is 2.25. The van der Waals surface area contributed by atoms with Crippen molar-refractivity contribution in [2.24, 2.45) is 0 Å². The predicted molar refractivity (Wildman–Crippen MR) is 80.3 cm³/mol. The zero-order valence-corrected chi connectivity index (χ0v) is 12.0. The third-order valence-corrected chi connectivity index (χ3v) is 3.26. The molecule has 1 aromatic heterocycles. The summed E-state index contributed by atoms with van der Waals surface area (Å²) in [6, 6.07) is 8.17. The van der Waals surface area contributed by atoms with Gasteiger partial charge < -0.3 is 0 Å². The van der Waals surface area contributed by atoms with Gasteiger partial charge >= 0.3 is 0 Å². The molecular weight excluding hydrogens is 256 g/mol. The van der Waals surface area contributed by atoms with Crippen LogP contribution in [0.3, 0.4) is 0 Å². The summed E-state index contributed by atoms with van der Waals surface area (Å²) in [5, 5.41) is 5.34. The standard InChI is InChI=1S/C15H16N2OS/c1-10(2)8-14(18)17-15-16-13(9-19-15)12-6-4-11(3)5-7-12/h4-9H,1-3H3,(H,16,17,18). The number of anilines is 1. The van der Waals surface area contributed by atoms with Gasteiger partial charge in [0.2, 0.25) is 5.91 Å². The minimum atomic E-state index is -0.134. The van der Waals surface area contributed by atoms with Crippen molar-refractivity contribution in [2.75, 3.05) is 5.32 Å². The van der Waals surface area contributed by atoms with Crippen molar-refractivity contribution in [3.8, 4) is 11.3 Å². The molecule has 98 valence electrons. The molecule has 0 saturated heterocycles. The van der Waals surface area contributed by atoms with E-state index >= 15 is 0 Å². The fourth-order valence-corrected chi connectivity index (χ4v) is 2.31. The molecule has 19 heavy (non-hydrogen) atoms. The van der Waals surface area contributed by atoms with Crippen LogP contribution in [0.25, 0.3) is 11.3 Å². The largest absolute Gasteiger partial charge is 0.298 e. The third-order valence-electron chi connectivity index (χ3n) is 2.50. The fraction of sp³-hybridized carbons (Fsp3) is 0.200. The van der Waals surface area contributed by atoms with Gasteiger partial charge in [0.1, 0.15) is 0 Å². The molecule has 0 bridgehead atoms. The van der Waals surface area contributed by atoms with E-state index in [9.17, 15) is 4.79 Å². The molecule has 1 amide bonds. The van der Waals surface area contributed by atoms with Gasteiger partial charge in [0.15, 0.2) is 5.13 Å². The summed E-state index contributed by atoms with van der Waals surface area (Å²) < 4.78 is 0. The quantitative estimate of drug-likeness (QED) is 0.857. The Kier molecular flexibility index (Phi) is 4.12. The van der Waals surface area contributed by atoms with E-state index in [0.29, 0.717) is 5.13 Å². The van der Waals surface area contributed by atoms with E-state index in [0.717, 1.165) is 16.8 Å². The maximum atomic E-state index is 11.6. The molecule has 2 rings (SSSR count). The first-order valence-electron chi connectivity index (χ1n) is 6.03. The van der Waals surface area contributed by atoms with Crippen LogP contribution < -0.4 is 5.32 Å². The lowest BCUT2D eigenvalue weighted by Crippen LogP contribution is -2.07. The summed E-state index contributed by atoms with van der Waals surface area (Å²) in [5.74, 6) is -0.134. The lowest BCUT2D eigenvalue weighted by molar-refractivity contribution is -0.111. The number of nitrogens with one attached hydrogen (secondary N) is 1. The van der Waals surface area contributed by atoms with Crippen LogP contribution in [0.1, 0.15) is 19.4 Å². The van der Waals surface area contributed by atoms with Crippen molar-refractivity contribution in [3.63, 3.8) is 0 Å². The number of rotatable bonds is 3. The summed E-state index contributed by atoms with van der Waals surface area (Å²) in [6.45, 7) is 5.83. The average Bonchev–Trinajstić information content (AvgIpc) is 2.77. The second kappa shape index (κ2) is 5.80. The van der Waals surface area contributed by atoms with Crippen molar-refractivity contribution in [1.29, 1.82) is 0 Å². The summed E-state index contributed by atoms with van der Waals surface area (Å²) in [5.41, 5.74) is 4.13. The lowest BCUT2D eigenvalue weighted by Gasteiger charge is -1.98. The topological polar surface area (TPSA) is 42.0 Å². The molecule has 0 spiro atoms. The Morgan fingerprint density at radius 3 is 2.58 bits per heavy atom. The van der Waals surface area contributed by atoms with Crippen molar-refractivity contribution in [3.05, 3.63) is 46.9 Å². The molecular formula is C15H16N2OS. The molecule has 1 heterocycles. The van der Waals surface area contributed by atoms with Crippen LogP contribution in [0.4, 0.5) is 5.13 Å². The number of benzene rings is 1. The Morgan fingerprint density at radius 1 is 1.26 bits per heavy atom. The normalized spacial score (nSPS) is 10.1. The van der Waals surface area contributed by atoms with Crippen LogP contribution in [0.5, 0.6) is 0 Å². The Bertz CT molecular complexity index is 607. The van der Waals surface area contributed by atoms with Crippen LogP contribution in [-0.2, 0) is 4.79 Å². The maximum absolute atomic E-state index is 11.6. The molecule has 0 aliphatic heterocycles. The second-order valence-corrected chi connectivity index (χ2v) is 5.47. The predicted octanol–water partition coefficient (Wildman–Crippen LogP) is 4.02. The number of hydrogen-bond donors (Lipinski definition) is 1. The van der Waals surface area contributed by atoms with Crippen molar-refractivity contribution >= 4 is 22.4 Å². The molecule has 0 fully saturated rings. The minimum absolute atomic E-state index is 0.134. The van der Waals surface area contributed by atoms with Crippen LogP contribution >= 0.6 is 11.3 Å². The highest BCUT2D eigenvalue weighted by Gasteiger charge is 2.06. The van der Waals surface area contributed by atoms with Crippen molar-refractivity contribution < 1.29 is 4.79 Å². The molecule has 1 aromatic carbocycles. The number of allylic oxidation sites excluding steroid dienone is 1. The summed E-state index contributed by atoms with van der Waals surface area (Å²) in [6.07, 6.45) is 1.56. The van der Waals surface area contributed by atoms with E-state index in [1.54, 1.807) is 6.08 Å². The first-order chi connectivity index (χ1) is 9.04. The first kappa shape index (κ1) is 13.5. The van der Waals surface area contributed by atoms with Gasteiger partial charge in [-0.25, -0.2) is 4.98 Å². The second-order valence-electron chi connectivity index (χ2n) is 4.61. The van der Waals surface area contributed by atoms with Crippen LogP contribution in [0, 0.1) is 6.92 Å². The Hall–Kier alpha value is -1.94. The molecule has 1 N–H and O–H groups in total. The van der Waals surface area contributed by atoms with E-state index in [4.69, 9.17) is 0 Å². The van der Waals surface area contributed by atoms with E-state index in [2.05, 4.69) is 29.4 Å². The maximum Gasteiger partial charge on any atom is 0.250 e. The third kappa shape index (κ3) is 3.76. The Labute approximate surface area is 117 Å². The number of carbonyl (C=O) groups is 1. The van der Waals surface area contributed by atoms with E-state index in [1.807, 2.05) is 31.4 Å². The molecule has 0 atom stereocenters. The van der Waals surface area contributed by atoms with Gasteiger partial charge in [0.25, 0.3) is 0 Å². The number of thiazole rings is 1. The molecule has 4 heteroatoms. The Balaban J connectivity index is 2.13. The first-order valence-corrected chi connectivity index (χ1v) is 6.91. The SMILES string of the molecule is CC(C)=CC(=O)Nc1nc(-c2ccc(C)cc2)cs1. The molecule has 0 saturated carbocycles. The zero-order valence-electron chi connectivity index (χ0n) is 11.2. The van der Waals surface area contributed by atoms with Crippen LogP contribution in [-0.4, -0.2) is 10.9 Å². The molecule has 0 aliphatic carbocycles. The molecule has 3 nitrogen and oxygen atoms in total. The molecule has 2 aromatic rings. The fourth-order valence-electron chi connectivity index (χ4n) is 1.59. The van der Waals surface area contributed by atoms with E-state index in [1.165, 1.54) is 16.9 Å².